The van der Waals surface area contributed by atoms with E-state index in [-0.39, 0.29) is 11.2 Å². The number of carbonyl (C=O) groups excluding carboxylic acids is 1. The van der Waals surface area contributed by atoms with Gasteiger partial charge in [0.05, 0.1) is 15.8 Å². The minimum absolute atomic E-state index is 0.0337. The van der Waals surface area contributed by atoms with E-state index in [4.69, 9.17) is 0 Å². The summed E-state index contributed by atoms with van der Waals surface area (Å²) in [7, 11) is 1.90. The summed E-state index contributed by atoms with van der Waals surface area (Å²) in [4.78, 5) is 14.3. The molecule has 0 radical (unpaired) electrons. The van der Waals surface area contributed by atoms with E-state index < -0.39 is 11.7 Å². The lowest BCUT2D eigenvalue weighted by Crippen LogP contribution is -2.29. The Labute approximate surface area is 131 Å². The van der Waals surface area contributed by atoms with E-state index in [1.165, 1.54) is 30.8 Å². The van der Waals surface area contributed by atoms with Gasteiger partial charge in [-0.3, -0.25) is 4.79 Å². The van der Waals surface area contributed by atoms with E-state index in [1.807, 2.05) is 18.9 Å². The second-order valence-corrected chi connectivity index (χ2v) is 6.30. The van der Waals surface area contributed by atoms with E-state index in [0.29, 0.717) is 12.2 Å². The zero-order valence-corrected chi connectivity index (χ0v) is 13.3. The third-order valence-corrected chi connectivity index (χ3v) is 5.13. The highest BCUT2D eigenvalue weighted by Crippen LogP contribution is 2.37. The number of anilines is 1. The number of nitrogens with one attached hydrogen (secondary N) is 1. The molecule has 120 valence electrons. The highest BCUT2D eigenvalue weighted by atomic mass is 32.2. The summed E-state index contributed by atoms with van der Waals surface area (Å²) in [5.74, 6) is 0.0337. The zero-order chi connectivity index (χ0) is 16.5. The van der Waals surface area contributed by atoms with Gasteiger partial charge in [-0.05, 0) is 38.1 Å². The lowest BCUT2D eigenvalue weighted by atomic mass is 10.2. The Kier molecular flexibility index (Phi) is 4.75. The van der Waals surface area contributed by atoms with Crippen LogP contribution in [0.4, 0.5) is 18.9 Å². The highest BCUT2D eigenvalue weighted by molar-refractivity contribution is 8.04. The summed E-state index contributed by atoms with van der Waals surface area (Å²) < 4.78 is 37.5. The van der Waals surface area contributed by atoms with Crippen LogP contribution in [0, 0.1) is 0 Å². The third kappa shape index (κ3) is 3.58. The second kappa shape index (κ2) is 6.24. The molecule has 1 aromatic rings. The molecule has 0 amide bonds. The fourth-order valence-corrected chi connectivity index (χ4v) is 3.41. The van der Waals surface area contributed by atoms with Gasteiger partial charge >= 0.3 is 6.18 Å². The van der Waals surface area contributed by atoms with Gasteiger partial charge in [-0.25, -0.2) is 0 Å². The van der Waals surface area contributed by atoms with Gasteiger partial charge in [0.1, 0.15) is 0 Å². The number of thioether (sulfide) groups is 1. The van der Waals surface area contributed by atoms with E-state index in [1.54, 1.807) is 0 Å². The Hall–Kier alpha value is -1.63. The lowest BCUT2D eigenvalue weighted by Gasteiger charge is -2.23. The molecule has 0 aliphatic carbocycles. The second-order valence-electron chi connectivity index (χ2n) is 5.11. The molecule has 0 spiro atoms. The van der Waals surface area contributed by atoms with Crippen molar-refractivity contribution in [2.75, 3.05) is 18.9 Å². The summed E-state index contributed by atoms with van der Waals surface area (Å²) in [6.07, 6.45) is -4.32. The summed E-state index contributed by atoms with van der Waals surface area (Å²) in [5, 5.41) is 3.15. The molecule has 1 heterocycles. The molecule has 7 heteroatoms. The summed E-state index contributed by atoms with van der Waals surface area (Å²) >= 11 is 1.48. The molecule has 2 rings (SSSR count). The van der Waals surface area contributed by atoms with Crippen LogP contribution in [0.5, 0.6) is 0 Å². The average Bonchev–Trinajstić information content (AvgIpc) is 2.73. The number of likely N-dealkylation sites (N-methyl/N-ethyl adjacent to an activating group) is 1. The molecule has 0 bridgehead atoms. The van der Waals surface area contributed by atoms with Crippen LogP contribution in [0.2, 0.25) is 0 Å². The first-order valence-corrected chi connectivity index (χ1v) is 7.60. The maximum Gasteiger partial charge on any atom is 0.416 e. The van der Waals surface area contributed by atoms with E-state index >= 15 is 0 Å². The predicted molar refractivity (Wildman–Crippen MR) is 82.5 cm³/mol. The third-order valence-electron chi connectivity index (χ3n) is 3.56. The molecule has 1 aromatic carbocycles. The van der Waals surface area contributed by atoms with E-state index in [0.717, 1.165) is 22.7 Å². The van der Waals surface area contributed by atoms with Gasteiger partial charge < -0.3 is 10.2 Å². The monoisotopic (exact) mass is 330 g/mol. The van der Waals surface area contributed by atoms with Gasteiger partial charge in [0.2, 0.25) is 0 Å². The molecule has 1 aliphatic heterocycles. The average molecular weight is 330 g/mol. The standard InChI is InChI=1S/C15H17F3N2OS/c1-9-14(10(2)21)22-13(20(9)3)8-19-12-6-4-11(5-7-12)15(16,17)18/h4-7,13,19H,8H2,1-3H3. The number of hydrogen-bond donors (Lipinski definition) is 1. The number of Topliss-reactive ketones (excluding diaryl/α,β-unsaturated/α-hetero) is 1. The molecule has 1 unspecified atom stereocenters. The maximum atomic E-state index is 12.5. The fraction of sp³-hybridized carbons (Fsp3) is 0.400. The van der Waals surface area contributed by atoms with Crippen LogP contribution >= 0.6 is 11.8 Å². The van der Waals surface area contributed by atoms with Crippen LogP contribution in [0.3, 0.4) is 0 Å². The van der Waals surface area contributed by atoms with Gasteiger partial charge in [0, 0.05) is 25.0 Å². The Morgan fingerprint density at radius 3 is 2.36 bits per heavy atom. The topological polar surface area (TPSA) is 32.3 Å². The van der Waals surface area contributed by atoms with Crippen LogP contribution in [0.1, 0.15) is 19.4 Å². The first-order valence-electron chi connectivity index (χ1n) is 6.72. The Bertz CT molecular complexity index is 596. The largest absolute Gasteiger partial charge is 0.416 e. The lowest BCUT2D eigenvalue weighted by molar-refractivity contribution is -0.137. The molecule has 1 aliphatic rings. The molecule has 1 atom stereocenters. The van der Waals surface area contributed by atoms with Crippen LogP contribution in [-0.2, 0) is 11.0 Å². The van der Waals surface area contributed by atoms with Crippen LogP contribution in [-0.4, -0.2) is 29.6 Å². The number of allylic oxidation sites excluding steroid dienone is 2. The van der Waals surface area contributed by atoms with E-state index in [2.05, 4.69) is 5.32 Å². The number of benzene rings is 1. The molecule has 0 fully saturated rings. The number of carbonyl (C=O) groups is 1. The Morgan fingerprint density at radius 2 is 1.91 bits per heavy atom. The van der Waals surface area contributed by atoms with Crippen molar-refractivity contribution in [2.45, 2.75) is 25.4 Å². The number of alkyl halides is 3. The van der Waals surface area contributed by atoms with Gasteiger partial charge in [-0.2, -0.15) is 13.2 Å². The molecule has 0 saturated heterocycles. The van der Waals surface area contributed by atoms with Crippen LogP contribution in [0.25, 0.3) is 0 Å². The van der Waals surface area contributed by atoms with Crippen molar-refractivity contribution in [3.05, 3.63) is 40.4 Å². The molecule has 1 N–H and O–H groups in total. The first kappa shape index (κ1) is 16.7. The van der Waals surface area contributed by atoms with Crippen molar-refractivity contribution >= 4 is 23.2 Å². The maximum absolute atomic E-state index is 12.5. The van der Waals surface area contributed by atoms with Crippen molar-refractivity contribution < 1.29 is 18.0 Å². The number of nitrogens with zero attached hydrogens (tertiary/aromatic N) is 1. The number of halogens is 3. The Morgan fingerprint density at radius 1 is 1.32 bits per heavy atom. The molecule has 22 heavy (non-hydrogen) atoms. The van der Waals surface area contributed by atoms with Crippen LogP contribution in [0.15, 0.2) is 34.9 Å². The summed E-state index contributed by atoms with van der Waals surface area (Å²) in [6.45, 7) is 3.95. The summed E-state index contributed by atoms with van der Waals surface area (Å²) in [5.41, 5.74) is 0.884. The molecular weight excluding hydrogens is 313 g/mol. The van der Waals surface area contributed by atoms with Crippen LogP contribution < -0.4 is 5.32 Å². The molecule has 3 nitrogen and oxygen atoms in total. The quantitative estimate of drug-likeness (QED) is 0.906. The smallest absolute Gasteiger partial charge is 0.382 e. The fourth-order valence-electron chi connectivity index (χ4n) is 2.18. The molecular formula is C15H17F3N2OS. The van der Waals surface area contributed by atoms with Crippen molar-refractivity contribution in [2.24, 2.45) is 0 Å². The number of rotatable bonds is 4. The number of hydrogen-bond acceptors (Lipinski definition) is 4. The van der Waals surface area contributed by atoms with Gasteiger partial charge in [-0.15, -0.1) is 0 Å². The van der Waals surface area contributed by atoms with Crippen molar-refractivity contribution in [1.29, 1.82) is 0 Å². The first-order chi connectivity index (χ1) is 10.2. The minimum atomic E-state index is -4.32. The predicted octanol–water partition coefficient (Wildman–Crippen LogP) is 3.94. The molecule has 0 saturated carbocycles. The van der Waals surface area contributed by atoms with Crippen molar-refractivity contribution in [1.82, 2.24) is 4.90 Å². The van der Waals surface area contributed by atoms with Crippen molar-refractivity contribution in [3.8, 4) is 0 Å². The Balaban J connectivity index is 1.96. The van der Waals surface area contributed by atoms with Gasteiger partial charge in [-0.1, -0.05) is 11.8 Å². The zero-order valence-electron chi connectivity index (χ0n) is 12.5. The molecule has 0 aromatic heterocycles. The SMILES string of the molecule is CC(=O)C1=C(C)N(C)C(CNc2ccc(C(F)(F)F)cc2)S1. The minimum Gasteiger partial charge on any atom is -0.382 e. The van der Waals surface area contributed by atoms with E-state index in [9.17, 15) is 18.0 Å². The normalized spacial score (nSPS) is 18.8. The summed E-state index contributed by atoms with van der Waals surface area (Å²) in [6, 6.07) is 4.93. The number of ketones is 1. The van der Waals surface area contributed by atoms with Gasteiger partial charge in [0.15, 0.2) is 5.78 Å². The van der Waals surface area contributed by atoms with Crippen molar-refractivity contribution in [3.63, 3.8) is 0 Å². The van der Waals surface area contributed by atoms with Gasteiger partial charge in [0.25, 0.3) is 0 Å². The highest BCUT2D eigenvalue weighted by Gasteiger charge is 2.31.